The normalized spacial score (nSPS) is 20.2. The second-order valence-electron chi connectivity index (χ2n) is 13.8. The standard InChI is InChI=1S/3C12H24.2C3H4O2/c3*1-2-4-6-8-10-12-11-9-7-5-3-1;2*1-2-3(4)5/h3*1-12H2;2*2H,1H2,(H,4,5). The fraction of sp³-hybridized carbons (Fsp3) is 0.857. The van der Waals surface area contributed by atoms with Crippen molar-refractivity contribution in [3.63, 3.8) is 0 Å². The second-order valence-corrected chi connectivity index (χ2v) is 13.8. The molecule has 3 saturated carbocycles. The molecule has 0 aromatic heterocycles. The van der Waals surface area contributed by atoms with E-state index in [9.17, 15) is 9.59 Å². The van der Waals surface area contributed by atoms with Crippen LogP contribution in [0.1, 0.15) is 231 Å². The molecule has 0 saturated heterocycles. The Kier molecular flexibility index (Phi) is 43.9. The molecule has 4 nitrogen and oxygen atoms in total. The van der Waals surface area contributed by atoms with Crippen molar-refractivity contribution < 1.29 is 19.8 Å². The third-order valence-electron chi connectivity index (χ3n) is 9.35. The van der Waals surface area contributed by atoms with Crippen molar-refractivity contribution in [3.8, 4) is 0 Å². The van der Waals surface area contributed by atoms with Gasteiger partial charge < -0.3 is 10.2 Å². The average molecular weight is 649 g/mol. The Morgan fingerprint density at radius 3 is 0.326 bits per heavy atom. The lowest BCUT2D eigenvalue weighted by atomic mass is 10.0. The maximum absolute atomic E-state index is 9.25. The summed E-state index contributed by atoms with van der Waals surface area (Å²) in [5.74, 6) is -1.96. The van der Waals surface area contributed by atoms with Crippen molar-refractivity contribution in [2.24, 2.45) is 0 Å². The van der Waals surface area contributed by atoms with Crippen LogP contribution in [-0.4, -0.2) is 22.2 Å². The minimum absolute atomic E-state index is 0.833. The van der Waals surface area contributed by atoms with Gasteiger partial charge in [0.25, 0.3) is 0 Å². The van der Waals surface area contributed by atoms with E-state index in [0.29, 0.717) is 0 Å². The molecule has 3 aliphatic rings. The van der Waals surface area contributed by atoms with Gasteiger partial charge in [-0.15, -0.1) is 0 Å². The molecule has 3 fully saturated rings. The maximum atomic E-state index is 9.25. The summed E-state index contributed by atoms with van der Waals surface area (Å²) in [5, 5.41) is 15.2. The summed E-state index contributed by atoms with van der Waals surface area (Å²) in [4.78, 5) is 18.5. The molecule has 0 aliphatic heterocycles. The topological polar surface area (TPSA) is 74.6 Å². The largest absolute Gasteiger partial charge is 0.478 e. The molecule has 4 heteroatoms. The Morgan fingerprint density at radius 1 is 0.261 bits per heavy atom. The molecule has 46 heavy (non-hydrogen) atoms. The van der Waals surface area contributed by atoms with Crippen LogP contribution >= 0.6 is 0 Å². The molecule has 0 radical (unpaired) electrons. The van der Waals surface area contributed by atoms with Gasteiger partial charge in [-0.3, -0.25) is 0 Å². The van der Waals surface area contributed by atoms with Crippen LogP contribution in [0.2, 0.25) is 0 Å². The van der Waals surface area contributed by atoms with Crippen LogP contribution in [0.15, 0.2) is 25.3 Å². The Labute approximate surface area is 287 Å². The highest BCUT2D eigenvalue weighted by Gasteiger charge is 1.98. The van der Waals surface area contributed by atoms with Crippen LogP contribution in [0.4, 0.5) is 0 Å². The van der Waals surface area contributed by atoms with Crippen LogP contribution in [0.5, 0.6) is 0 Å². The van der Waals surface area contributed by atoms with Crippen molar-refractivity contribution in [1.82, 2.24) is 0 Å². The van der Waals surface area contributed by atoms with E-state index in [4.69, 9.17) is 10.2 Å². The van der Waals surface area contributed by atoms with Crippen molar-refractivity contribution in [3.05, 3.63) is 25.3 Å². The summed E-state index contributed by atoms with van der Waals surface area (Å²) in [6, 6.07) is 0. The van der Waals surface area contributed by atoms with Crippen LogP contribution in [0, 0.1) is 0 Å². The Bertz CT molecular complexity index is 425. The first-order valence-electron chi connectivity index (χ1n) is 20.2. The lowest BCUT2D eigenvalue weighted by Crippen LogP contribution is -1.85. The third kappa shape index (κ3) is 49.3. The highest BCUT2D eigenvalue weighted by atomic mass is 16.4. The van der Waals surface area contributed by atoms with Crippen molar-refractivity contribution >= 4 is 11.9 Å². The summed E-state index contributed by atoms with van der Waals surface area (Å²) in [6.07, 6.45) is 55.7. The van der Waals surface area contributed by atoms with Gasteiger partial charge in [-0.25, -0.2) is 9.59 Å². The molecule has 0 aromatic rings. The number of hydrogen-bond acceptors (Lipinski definition) is 2. The predicted octanol–water partition coefficient (Wildman–Crippen LogP) is 14.6. The minimum Gasteiger partial charge on any atom is -0.478 e. The monoisotopic (exact) mass is 649 g/mol. The molecular weight excluding hydrogens is 568 g/mol. The molecule has 0 heterocycles. The quantitative estimate of drug-likeness (QED) is 0.292. The van der Waals surface area contributed by atoms with Gasteiger partial charge in [0.1, 0.15) is 0 Å². The zero-order valence-electron chi connectivity index (χ0n) is 30.7. The molecule has 0 spiro atoms. The summed E-state index contributed by atoms with van der Waals surface area (Å²) >= 11 is 0. The molecule has 0 amide bonds. The third-order valence-corrected chi connectivity index (χ3v) is 9.35. The van der Waals surface area contributed by atoms with Gasteiger partial charge in [0, 0.05) is 12.2 Å². The number of carboxylic acids is 2. The van der Waals surface area contributed by atoms with Gasteiger partial charge in [-0.2, -0.15) is 0 Å². The Hall–Kier alpha value is -1.58. The number of rotatable bonds is 2. The van der Waals surface area contributed by atoms with Gasteiger partial charge in [0.05, 0.1) is 0 Å². The molecule has 0 atom stereocenters. The van der Waals surface area contributed by atoms with E-state index in [0.717, 1.165) is 12.2 Å². The van der Waals surface area contributed by atoms with Gasteiger partial charge in [-0.05, 0) is 0 Å². The number of carboxylic acid groups (broad SMARTS) is 2. The smallest absolute Gasteiger partial charge is 0.327 e. The van der Waals surface area contributed by atoms with E-state index < -0.39 is 11.9 Å². The molecule has 3 rings (SSSR count). The molecule has 0 unspecified atom stereocenters. The van der Waals surface area contributed by atoms with Crippen LogP contribution in [0.25, 0.3) is 0 Å². The SMILES string of the molecule is C1CCCCCCCCCCC1.C1CCCCCCCCCCC1.C1CCCCCCCCCCC1.C=CC(=O)O.C=CC(=O)O. The first-order chi connectivity index (χ1) is 22.5. The van der Waals surface area contributed by atoms with Crippen LogP contribution < -0.4 is 0 Å². The number of hydrogen-bond donors (Lipinski definition) is 2. The number of aliphatic carboxylic acids is 2. The van der Waals surface area contributed by atoms with Gasteiger partial charge in [0.2, 0.25) is 0 Å². The lowest BCUT2D eigenvalue weighted by Gasteiger charge is -2.05. The van der Waals surface area contributed by atoms with Crippen LogP contribution in [-0.2, 0) is 9.59 Å². The highest BCUT2D eigenvalue weighted by Crippen LogP contribution is 2.18. The van der Waals surface area contributed by atoms with Crippen LogP contribution in [0.3, 0.4) is 0 Å². The fourth-order valence-corrected chi connectivity index (χ4v) is 6.36. The minimum atomic E-state index is -0.981. The Balaban J connectivity index is 0. The first-order valence-corrected chi connectivity index (χ1v) is 20.2. The van der Waals surface area contributed by atoms with Gasteiger partial charge in [-0.1, -0.05) is 244 Å². The van der Waals surface area contributed by atoms with E-state index in [1.54, 1.807) is 0 Å². The molecule has 272 valence electrons. The van der Waals surface area contributed by atoms with Crippen molar-refractivity contribution in [2.75, 3.05) is 0 Å². The molecular formula is C42H80O4. The van der Waals surface area contributed by atoms with Gasteiger partial charge >= 0.3 is 11.9 Å². The number of carbonyl (C=O) groups is 2. The van der Waals surface area contributed by atoms with Gasteiger partial charge in [0.15, 0.2) is 0 Å². The fourth-order valence-electron chi connectivity index (χ4n) is 6.36. The predicted molar refractivity (Wildman–Crippen MR) is 202 cm³/mol. The first kappa shape index (κ1) is 46.5. The summed E-state index contributed by atoms with van der Waals surface area (Å²) < 4.78 is 0. The van der Waals surface area contributed by atoms with E-state index in [1.165, 1.54) is 231 Å². The zero-order chi connectivity index (χ0) is 34.0. The van der Waals surface area contributed by atoms with E-state index in [2.05, 4.69) is 13.2 Å². The Morgan fingerprint density at radius 2 is 0.304 bits per heavy atom. The van der Waals surface area contributed by atoms with E-state index >= 15 is 0 Å². The summed E-state index contributed by atoms with van der Waals surface area (Å²) in [5.41, 5.74) is 0. The zero-order valence-corrected chi connectivity index (χ0v) is 30.7. The average Bonchev–Trinajstić information content (AvgIpc) is 3.03. The molecule has 3 aliphatic carbocycles. The summed E-state index contributed by atoms with van der Waals surface area (Å²) in [7, 11) is 0. The van der Waals surface area contributed by atoms with Crippen molar-refractivity contribution in [2.45, 2.75) is 231 Å². The molecule has 0 bridgehead atoms. The maximum Gasteiger partial charge on any atom is 0.327 e. The molecule has 0 aromatic carbocycles. The molecule has 2 N–H and O–H groups in total. The van der Waals surface area contributed by atoms with E-state index in [-0.39, 0.29) is 0 Å². The van der Waals surface area contributed by atoms with Crippen molar-refractivity contribution in [1.29, 1.82) is 0 Å². The summed E-state index contributed by atoms with van der Waals surface area (Å²) in [6.45, 7) is 5.92. The lowest BCUT2D eigenvalue weighted by molar-refractivity contribution is -0.132. The van der Waals surface area contributed by atoms with E-state index in [1.807, 2.05) is 0 Å². The highest BCUT2D eigenvalue weighted by molar-refractivity contribution is 5.79. The second kappa shape index (κ2) is 43.4.